The number of hydrogen-bond acceptors (Lipinski definition) is 2. The van der Waals surface area contributed by atoms with Gasteiger partial charge in [0.05, 0.1) is 6.10 Å². The van der Waals surface area contributed by atoms with Crippen molar-refractivity contribution in [2.75, 3.05) is 20.2 Å². The molecule has 1 fully saturated rings. The molecule has 2 heteroatoms. The summed E-state index contributed by atoms with van der Waals surface area (Å²) in [6.07, 6.45) is 2.95. The lowest BCUT2D eigenvalue weighted by atomic mass is 10.0. The zero-order chi connectivity index (χ0) is 7.40. The lowest BCUT2D eigenvalue weighted by Crippen LogP contribution is -2.26. The summed E-state index contributed by atoms with van der Waals surface area (Å²) in [7, 11) is 1.81. The van der Waals surface area contributed by atoms with Gasteiger partial charge in [0.1, 0.15) is 0 Å². The standard InChI is InChI=1S/C8H17NO/c1-7-6-9-5-3-4-8(7)10-2/h7-9H,3-6H2,1-2H3/t7-,8?/m1/s1. The number of rotatable bonds is 1. The molecule has 0 saturated carbocycles. The van der Waals surface area contributed by atoms with Crippen molar-refractivity contribution in [3.63, 3.8) is 0 Å². The molecule has 60 valence electrons. The van der Waals surface area contributed by atoms with E-state index in [4.69, 9.17) is 4.74 Å². The third kappa shape index (κ3) is 1.96. The van der Waals surface area contributed by atoms with Gasteiger partial charge in [-0.3, -0.25) is 0 Å². The molecule has 1 rings (SSSR count). The molecule has 0 aromatic heterocycles. The zero-order valence-corrected chi connectivity index (χ0v) is 6.89. The number of methoxy groups -OCH3 is 1. The average Bonchev–Trinajstić information content (AvgIpc) is 2.13. The molecule has 0 aliphatic carbocycles. The van der Waals surface area contributed by atoms with Crippen LogP contribution in [-0.2, 0) is 4.74 Å². The van der Waals surface area contributed by atoms with Gasteiger partial charge in [-0.1, -0.05) is 6.92 Å². The van der Waals surface area contributed by atoms with Gasteiger partial charge < -0.3 is 10.1 Å². The highest BCUT2D eigenvalue weighted by molar-refractivity contribution is 4.72. The Morgan fingerprint density at radius 2 is 2.30 bits per heavy atom. The van der Waals surface area contributed by atoms with E-state index < -0.39 is 0 Å². The van der Waals surface area contributed by atoms with Crippen LogP contribution in [0.5, 0.6) is 0 Å². The fraction of sp³-hybridized carbons (Fsp3) is 1.00. The van der Waals surface area contributed by atoms with E-state index >= 15 is 0 Å². The number of nitrogens with one attached hydrogen (secondary N) is 1. The van der Waals surface area contributed by atoms with Gasteiger partial charge in [0.25, 0.3) is 0 Å². The maximum Gasteiger partial charge on any atom is 0.0609 e. The third-order valence-corrected chi connectivity index (χ3v) is 2.25. The molecule has 0 bridgehead atoms. The van der Waals surface area contributed by atoms with Crippen LogP contribution in [0.15, 0.2) is 0 Å². The van der Waals surface area contributed by atoms with E-state index in [9.17, 15) is 0 Å². The maximum atomic E-state index is 5.34. The van der Waals surface area contributed by atoms with E-state index in [1.54, 1.807) is 0 Å². The summed E-state index contributed by atoms with van der Waals surface area (Å²) in [5.74, 6) is 0.674. The van der Waals surface area contributed by atoms with Crippen LogP contribution >= 0.6 is 0 Å². The van der Waals surface area contributed by atoms with Crippen LogP contribution in [0.3, 0.4) is 0 Å². The number of ether oxygens (including phenoxy) is 1. The Morgan fingerprint density at radius 1 is 1.50 bits per heavy atom. The first-order chi connectivity index (χ1) is 4.84. The second-order valence-corrected chi connectivity index (χ2v) is 3.10. The lowest BCUT2D eigenvalue weighted by molar-refractivity contribution is 0.0578. The Labute approximate surface area is 63.0 Å². The van der Waals surface area contributed by atoms with Crippen LogP contribution in [0.25, 0.3) is 0 Å². The van der Waals surface area contributed by atoms with E-state index in [-0.39, 0.29) is 0 Å². The summed E-state index contributed by atoms with van der Waals surface area (Å²) < 4.78 is 5.34. The molecule has 10 heavy (non-hydrogen) atoms. The van der Waals surface area contributed by atoms with Crippen LogP contribution in [0, 0.1) is 5.92 Å². The van der Waals surface area contributed by atoms with Gasteiger partial charge in [-0.2, -0.15) is 0 Å². The predicted octanol–water partition coefficient (Wildman–Crippen LogP) is 1.02. The molecular formula is C8H17NO. The quantitative estimate of drug-likeness (QED) is 0.591. The molecule has 2 atom stereocenters. The first kappa shape index (κ1) is 8.02. The van der Waals surface area contributed by atoms with E-state index in [0.717, 1.165) is 13.1 Å². The van der Waals surface area contributed by atoms with Gasteiger partial charge in [0.2, 0.25) is 0 Å². The normalized spacial score (nSPS) is 35.4. The van der Waals surface area contributed by atoms with Crippen LogP contribution in [0.4, 0.5) is 0 Å². The molecule has 0 radical (unpaired) electrons. The van der Waals surface area contributed by atoms with Crippen molar-refractivity contribution in [1.29, 1.82) is 0 Å². The molecule has 1 heterocycles. The van der Waals surface area contributed by atoms with Gasteiger partial charge in [0, 0.05) is 13.7 Å². The molecule has 1 aliphatic heterocycles. The minimum atomic E-state index is 0.481. The van der Waals surface area contributed by atoms with Gasteiger partial charge in [-0.15, -0.1) is 0 Å². The highest BCUT2D eigenvalue weighted by Gasteiger charge is 2.18. The largest absolute Gasteiger partial charge is 0.381 e. The second-order valence-electron chi connectivity index (χ2n) is 3.10. The van der Waals surface area contributed by atoms with Crippen LogP contribution < -0.4 is 5.32 Å². The van der Waals surface area contributed by atoms with Gasteiger partial charge in [0.15, 0.2) is 0 Å². The molecule has 2 nitrogen and oxygen atoms in total. The summed E-state index contributed by atoms with van der Waals surface area (Å²) >= 11 is 0. The minimum absolute atomic E-state index is 0.481. The van der Waals surface area contributed by atoms with Gasteiger partial charge >= 0.3 is 0 Å². The topological polar surface area (TPSA) is 21.3 Å². The summed E-state index contributed by atoms with van der Waals surface area (Å²) in [4.78, 5) is 0. The highest BCUT2D eigenvalue weighted by atomic mass is 16.5. The van der Waals surface area contributed by atoms with Crippen molar-refractivity contribution in [2.45, 2.75) is 25.9 Å². The molecule has 0 aromatic rings. The smallest absolute Gasteiger partial charge is 0.0609 e. The first-order valence-corrected chi connectivity index (χ1v) is 4.08. The van der Waals surface area contributed by atoms with Crippen LogP contribution in [0.2, 0.25) is 0 Å². The second kappa shape index (κ2) is 3.94. The molecule has 1 N–H and O–H groups in total. The Kier molecular flexibility index (Phi) is 3.16. The fourth-order valence-corrected chi connectivity index (χ4v) is 1.52. The SMILES string of the molecule is COC1CCCNC[C@H]1C. The van der Waals surface area contributed by atoms with E-state index in [1.165, 1.54) is 12.8 Å². The number of hydrogen-bond donors (Lipinski definition) is 1. The van der Waals surface area contributed by atoms with E-state index in [1.807, 2.05) is 7.11 Å². The Hall–Kier alpha value is -0.0800. The Balaban J connectivity index is 2.35. The molecule has 0 spiro atoms. The summed E-state index contributed by atoms with van der Waals surface area (Å²) in [6.45, 7) is 4.51. The van der Waals surface area contributed by atoms with Crippen molar-refractivity contribution in [3.05, 3.63) is 0 Å². The van der Waals surface area contributed by atoms with Crippen molar-refractivity contribution < 1.29 is 4.74 Å². The van der Waals surface area contributed by atoms with Gasteiger partial charge in [-0.05, 0) is 25.3 Å². The van der Waals surface area contributed by atoms with Crippen molar-refractivity contribution in [3.8, 4) is 0 Å². The molecule has 0 amide bonds. The summed E-state index contributed by atoms with van der Waals surface area (Å²) in [5, 5.41) is 3.38. The minimum Gasteiger partial charge on any atom is -0.381 e. The fourth-order valence-electron chi connectivity index (χ4n) is 1.52. The van der Waals surface area contributed by atoms with Crippen molar-refractivity contribution in [2.24, 2.45) is 5.92 Å². The molecule has 1 aliphatic rings. The van der Waals surface area contributed by atoms with Crippen LogP contribution in [0.1, 0.15) is 19.8 Å². The summed E-state index contributed by atoms with van der Waals surface area (Å²) in [5.41, 5.74) is 0. The molecule has 0 aromatic carbocycles. The summed E-state index contributed by atoms with van der Waals surface area (Å²) in [6, 6.07) is 0. The molecule has 1 saturated heterocycles. The van der Waals surface area contributed by atoms with E-state index in [2.05, 4.69) is 12.2 Å². The molecular weight excluding hydrogens is 126 g/mol. The highest BCUT2D eigenvalue weighted by Crippen LogP contribution is 2.14. The third-order valence-electron chi connectivity index (χ3n) is 2.25. The average molecular weight is 143 g/mol. The monoisotopic (exact) mass is 143 g/mol. The maximum absolute atomic E-state index is 5.34. The lowest BCUT2D eigenvalue weighted by Gasteiger charge is -2.18. The predicted molar refractivity (Wildman–Crippen MR) is 42.1 cm³/mol. The van der Waals surface area contributed by atoms with Crippen molar-refractivity contribution >= 4 is 0 Å². The Morgan fingerprint density at radius 3 is 3.00 bits per heavy atom. The first-order valence-electron chi connectivity index (χ1n) is 4.08. The van der Waals surface area contributed by atoms with Crippen LogP contribution in [-0.4, -0.2) is 26.3 Å². The zero-order valence-electron chi connectivity index (χ0n) is 6.89. The Bertz CT molecular complexity index is 95.3. The molecule has 1 unspecified atom stereocenters. The van der Waals surface area contributed by atoms with Gasteiger partial charge in [-0.25, -0.2) is 0 Å². The van der Waals surface area contributed by atoms with E-state index in [0.29, 0.717) is 12.0 Å². The van der Waals surface area contributed by atoms with Crippen molar-refractivity contribution in [1.82, 2.24) is 5.32 Å².